The second kappa shape index (κ2) is 4.91. The van der Waals surface area contributed by atoms with Crippen molar-refractivity contribution in [2.45, 2.75) is 18.4 Å². The van der Waals surface area contributed by atoms with Crippen LogP contribution in [0.25, 0.3) is 6.08 Å². The molecule has 1 aromatic carbocycles. The number of halogens is 4. The lowest BCUT2D eigenvalue weighted by molar-refractivity contribution is -0.136. The third-order valence-corrected chi connectivity index (χ3v) is 3.84. The Morgan fingerprint density at radius 3 is 2.62 bits per heavy atom. The normalized spacial score (nSPS) is 24.9. The maximum absolute atomic E-state index is 13.6. The molecule has 1 fully saturated rings. The Balaban J connectivity index is 2.06. The Kier molecular flexibility index (Phi) is 3.32. The summed E-state index contributed by atoms with van der Waals surface area (Å²) in [6, 6.07) is 1.82. The van der Waals surface area contributed by atoms with Gasteiger partial charge in [0.25, 0.3) is 0 Å². The number of benzene rings is 1. The number of nitrogens with two attached hydrogens (primary N) is 1. The molecule has 0 saturated carbocycles. The highest BCUT2D eigenvalue weighted by Gasteiger charge is 2.37. The van der Waals surface area contributed by atoms with Gasteiger partial charge in [-0.05, 0) is 12.1 Å². The average Bonchev–Trinajstić information content (AvgIpc) is 2.76. The fourth-order valence-corrected chi connectivity index (χ4v) is 2.80. The maximum atomic E-state index is 13.6. The van der Waals surface area contributed by atoms with Crippen LogP contribution in [-0.2, 0) is 6.18 Å². The van der Waals surface area contributed by atoms with Crippen molar-refractivity contribution in [2.75, 3.05) is 29.9 Å². The number of hydrogen-bond acceptors (Lipinski definition) is 3. The molecule has 1 aromatic rings. The molecule has 2 unspecified atom stereocenters. The lowest BCUT2D eigenvalue weighted by Gasteiger charge is -2.26. The van der Waals surface area contributed by atoms with E-state index >= 15 is 0 Å². The fourth-order valence-electron chi connectivity index (χ4n) is 2.80. The van der Waals surface area contributed by atoms with E-state index in [0.717, 1.165) is 6.07 Å². The van der Waals surface area contributed by atoms with Gasteiger partial charge in [-0.25, -0.2) is 4.39 Å². The molecule has 1 saturated heterocycles. The summed E-state index contributed by atoms with van der Waals surface area (Å²) >= 11 is 0. The van der Waals surface area contributed by atoms with E-state index in [1.807, 2.05) is 0 Å². The van der Waals surface area contributed by atoms with E-state index in [1.165, 1.54) is 6.07 Å². The summed E-state index contributed by atoms with van der Waals surface area (Å²) in [6.07, 6.45) is -2.20. The van der Waals surface area contributed by atoms with Crippen LogP contribution in [0.2, 0.25) is 0 Å². The lowest BCUT2D eigenvalue weighted by Crippen LogP contribution is -2.30. The number of alkyl halides is 4. The number of fused-ring (bicyclic) bond motifs is 1. The predicted octanol–water partition coefficient (Wildman–Crippen LogP) is 2.63. The van der Waals surface area contributed by atoms with E-state index < -0.39 is 24.0 Å². The molecule has 21 heavy (non-hydrogen) atoms. The van der Waals surface area contributed by atoms with Gasteiger partial charge in [-0.1, -0.05) is 12.2 Å². The average molecular weight is 301 g/mol. The molecule has 2 aliphatic rings. The second-order valence-electron chi connectivity index (χ2n) is 5.29. The van der Waals surface area contributed by atoms with Gasteiger partial charge in [0.05, 0.1) is 23.8 Å². The highest BCUT2D eigenvalue weighted by Crippen LogP contribution is 2.42. The van der Waals surface area contributed by atoms with Gasteiger partial charge in [0, 0.05) is 24.3 Å². The molecule has 0 bridgehead atoms. The van der Waals surface area contributed by atoms with Crippen LogP contribution in [0.4, 0.5) is 28.9 Å². The quantitative estimate of drug-likeness (QED) is 0.784. The summed E-state index contributed by atoms with van der Waals surface area (Å²) in [6.45, 7) is 0.740. The molecule has 7 heteroatoms. The molecule has 0 aromatic heterocycles. The molecule has 114 valence electrons. The predicted molar refractivity (Wildman–Crippen MR) is 74.1 cm³/mol. The molecule has 2 heterocycles. The van der Waals surface area contributed by atoms with Crippen LogP contribution in [0.1, 0.15) is 11.1 Å². The minimum atomic E-state index is -4.43. The Hall–Kier alpha value is -1.76. The van der Waals surface area contributed by atoms with Crippen LogP contribution in [0, 0.1) is 0 Å². The van der Waals surface area contributed by atoms with Crippen molar-refractivity contribution in [2.24, 2.45) is 5.73 Å². The third kappa shape index (κ3) is 2.46. The van der Waals surface area contributed by atoms with Crippen molar-refractivity contribution < 1.29 is 17.6 Å². The van der Waals surface area contributed by atoms with Crippen LogP contribution in [0.5, 0.6) is 0 Å². The third-order valence-electron chi connectivity index (χ3n) is 3.84. The van der Waals surface area contributed by atoms with Gasteiger partial charge in [-0.2, -0.15) is 13.2 Å². The molecule has 2 atom stereocenters. The van der Waals surface area contributed by atoms with E-state index in [2.05, 4.69) is 5.32 Å². The Morgan fingerprint density at radius 2 is 2.00 bits per heavy atom. The van der Waals surface area contributed by atoms with Gasteiger partial charge in [0.15, 0.2) is 0 Å². The number of anilines is 2. The largest absolute Gasteiger partial charge is 0.418 e. The molecule has 2 aliphatic heterocycles. The first-order valence-corrected chi connectivity index (χ1v) is 6.67. The molecule has 0 spiro atoms. The summed E-state index contributed by atoms with van der Waals surface area (Å²) in [7, 11) is 0. The highest BCUT2D eigenvalue weighted by molar-refractivity contribution is 5.83. The van der Waals surface area contributed by atoms with Crippen molar-refractivity contribution in [1.82, 2.24) is 0 Å². The zero-order valence-corrected chi connectivity index (χ0v) is 11.1. The fraction of sp³-hybridized carbons (Fsp3) is 0.429. The number of rotatable bonds is 1. The summed E-state index contributed by atoms with van der Waals surface area (Å²) in [5.74, 6) is 0. The first-order valence-electron chi connectivity index (χ1n) is 6.67. The standard InChI is InChI=1S/C14H15F4N3/c15-10-6-21(7-11(10)19)12-4-3-9(14(16,17)18)13-8(12)2-1-5-20-13/h1-4,10-11,20H,5-7,19H2. The summed E-state index contributed by atoms with van der Waals surface area (Å²) < 4.78 is 52.7. The Bertz CT molecular complexity index is 572. The van der Waals surface area contributed by atoms with E-state index in [0.29, 0.717) is 24.3 Å². The van der Waals surface area contributed by atoms with Crippen molar-refractivity contribution in [1.29, 1.82) is 0 Å². The van der Waals surface area contributed by atoms with E-state index in [-0.39, 0.29) is 12.2 Å². The molecule has 3 N–H and O–H groups in total. The van der Waals surface area contributed by atoms with Crippen LogP contribution >= 0.6 is 0 Å². The number of nitrogens with one attached hydrogen (secondary N) is 1. The number of hydrogen-bond donors (Lipinski definition) is 2. The van der Waals surface area contributed by atoms with Gasteiger partial charge in [-0.15, -0.1) is 0 Å². The lowest BCUT2D eigenvalue weighted by atomic mass is 10.0. The highest BCUT2D eigenvalue weighted by atomic mass is 19.4. The maximum Gasteiger partial charge on any atom is 0.418 e. The number of nitrogens with zero attached hydrogens (tertiary/aromatic N) is 1. The van der Waals surface area contributed by atoms with E-state index in [4.69, 9.17) is 5.73 Å². The van der Waals surface area contributed by atoms with Crippen molar-refractivity contribution in [3.05, 3.63) is 29.3 Å². The van der Waals surface area contributed by atoms with E-state index in [1.54, 1.807) is 17.1 Å². The second-order valence-corrected chi connectivity index (χ2v) is 5.29. The first kappa shape index (κ1) is 14.2. The van der Waals surface area contributed by atoms with Crippen LogP contribution in [-0.4, -0.2) is 31.8 Å². The molecule has 3 rings (SSSR count). The molecule has 0 aliphatic carbocycles. The van der Waals surface area contributed by atoms with Gasteiger partial charge in [0.2, 0.25) is 0 Å². The van der Waals surface area contributed by atoms with Gasteiger partial charge in [-0.3, -0.25) is 0 Å². The molecule has 0 amide bonds. The van der Waals surface area contributed by atoms with Crippen molar-refractivity contribution in [3.8, 4) is 0 Å². The summed E-state index contributed by atoms with van der Waals surface area (Å²) in [4.78, 5) is 1.70. The topological polar surface area (TPSA) is 41.3 Å². The Labute approximate surface area is 119 Å². The smallest absolute Gasteiger partial charge is 0.381 e. The first-order chi connectivity index (χ1) is 9.88. The minimum absolute atomic E-state index is 0.0541. The van der Waals surface area contributed by atoms with Gasteiger partial charge < -0.3 is 16.0 Å². The SMILES string of the molecule is NC1CN(c2ccc(C(F)(F)F)c3c2C=CCN3)CC1F. The van der Waals surface area contributed by atoms with Crippen LogP contribution in [0.15, 0.2) is 18.2 Å². The zero-order chi connectivity index (χ0) is 15.2. The van der Waals surface area contributed by atoms with Crippen molar-refractivity contribution in [3.63, 3.8) is 0 Å². The molecular weight excluding hydrogens is 286 g/mol. The van der Waals surface area contributed by atoms with Gasteiger partial charge >= 0.3 is 6.18 Å². The summed E-state index contributed by atoms with van der Waals surface area (Å²) in [5.41, 5.74) is 6.02. The molecule has 3 nitrogen and oxygen atoms in total. The van der Waals surface area contributed by atoms with Crippen LogP contribution in [0.3, 0.4) is 0 Å². The van der Waals surface area contributed by atoms with Gasteiger partial charge in [0.1, 0.15) is 6.17 Å². The zero-order valence-electron chi connectivity index (χ0n) is 11.1. The monoisotopic (exact) mass is 301 g/mol. The van der Waals surface area contributed by atoms with E-state index in [9.17, 15) is 17.6 Å². The molecule has 0 radical (unpaired) electrons. The van der Waals surface area contributed by atoms with Crippen molar-refractivity contribution >= 4 is 17.5 Å². The molecular formula is C14H15F4N3. The Morgan fingerprint density at radius 1 is 1.24 bits per heavy atom. The summed E-state index contributed by atoms with van der Waals surface area (Å²) in [5, 5.41) is 2.77. The minimum Gasteiger partial charge on any atom is -0.381 e. The van der Waals surface area contributed by atoms with Crippen LogP contribution < -0.4 is 16.0 Å².